The summed E-state index contributed by atoms with van der Waals surface area (Å²) < 4.78 is 13.8. The third-order valence-electron chi connectivity index (χ3n) is 3.04. The molecule has 0 atom stereocenters. The molecular weight excluding hydrogens is 275 g/mol. The van der Waals surface area contributed by atoms with Crippen molar-refractivity contribution in [1.29, 1.82) is 0 Å². The molecule has 0 saturated heterocycles. The molecule has 1 aromatic rings. The second-order valence-electron chi connectivity index (χ2n) is 5.24. The minimum absolute atomic E-state index is 0.0417. The Kier molecular flexibility index (Phi) is 6.33. The fourth-order valence-electron chi connectivity index (χ4n) is 1.60. The molecule has 0 aliphatic rings. The Balaban J connectivity index is 2.84. The minimum Gasteiger partial charge on any atom is -0.382 e. The van der Waals surface area contributed by atoms with E-state index < -0.39 is 5.82 Å². The van der Waals surface area contributed by atoms with Gasteiger partial charge in [-0.25, -0.2) is 4.39 Å². The van der Waals surface area contributed by atoms with Crippen LogP contribution in [0.4, 0.5) is 10.1 Å². The molecule has 5 heteroatoms. The van der Waals surface area contributed by atoms with Gasteiger partial charge < -0.3 is 10.6 Å². The number of hydrogen-bond donors (Lipinski definition) is 2. The normalized spacial score (nSPS) is 11.2. The molecule has 0 aliphatic heterocycles. The van der Waals surface area contributed by atoms with Crippen molar-refractivity contribution >= 4 is 23.4 Å². The molecule has 0 heterocycles. The van der Waals surface area contributed by atoms with E-state index in [9.17, 15) is 9.18 Å². The molecule has 3 nitrogen and oxygen atoms in total. The van der Waals surface area contributed by atoms with E-state index in [-0.39, 0.29) is 16.3 Å². The first-order chi connectivity index (χ1) is 9.41. The molecule has 0 saturated carbocycles. The fourth-order valence-corrected chi connectivity index (χ4v) is 1.82. The molecular formula is C15H23FN2OS. The number of para-hydroxylation sites is 1. The number of amides is 1. The fraction of sp³-hybridized carbons (Fsp3) is 0.533. The van der Waals surface area contributed by atoms with Crippen molar-refractivity contribution < 1.29 is 9.18 Å². The molecule has 2 N–H and O–H groups in total. The maximum absolute atomic E-state index is 13.8. The smallest absolute Gasteiger partial charge is 0.253 e. The highest BCUT2D eigenvalue weighted by Gasteiger charge is 2.19. The van der Waals surface area contributed by atoms with Crippen LogP contribution < -0.4 is 10.6 Å². The van der Waals surface area contributed by atoms with Crippen molar-refractivity contribution in [2.24, 2.45) is 0 Å². The Morgan fingerprint density at radius 1 is 1.40 bits per heavy atom. The topological polar surface area (TPSA) is 41.1 Å². The van der Waals surface area contributed by atoms with Crippen molar-refractivity contribution in [3.63, 3.8) is 0 Å². The number of halogens is 1. The van der Waals surface area contributed by atoms with Gasteiger partial charge in [-0.15, -0.1) is 0 Å². The first kappa shape index (κ1) is 16.8. The van der Waals surface area contributed by atoms with E-state index in [4.69, 9.17) is 0 Å². The van der Waals surface area contributed by atoms with Crippen molar-refractivity contribution in [2.75, 3.05) is 24.7 Å². The maximum atomic E-state index is 13.8. The van der Waals surface area contributed by atoms with E-state index in [1.807, 2.05) is 13.2 Å². The molecule has 0 fully saturated rings. The number of thioether (sulfide) groups is 1. The lowest BCUT2D eigenvalue weighted by atomic mass is 10.1. The number of carbonyl (C=O) groups is 1. The van der Waals surface area contributed by atoms with E-state index in [1.54, 1.807) is 23.9 Å². The zero-order valence-electron chi connectivity index (χ0n) is 12.5. The van der Waals surface area contributed by atoms with Crippen LogP contribution in [0.5, 0.6) is 0 Å². The van der Waals surface area contributed by atoms with Crippen molar-refractivity contribution in [2.45, 2.75) is 31.9 Å². The molecule has 1 rings (SSSR count). The summed E-state index contributed by atoms with van der Waals surface area (Å²) in [6, 6.07) is 4.56. The van der Waals surface area contributed by atoms with Crippen LogP contribution in [-0.4, -0.2) is 30.0 Å². The number of nitrogens with one attached hydrogen (secondary N) is 2. The van der Waals surface area contributed by atoms with Gasteiger partial charge in [-0.1, -0.05) is 13.0 Å². The van der Waals surface area contributed by atoms with E-state index >= 15 is 0 Å². The van der Waals surface area contributed by atoms with Gasteiger partial charge in [0.25, 0.3) is 5.91 Å². The monoisotopic (exact) mass is 298 g/mol. The maximum Gasteiger partial charge on any atom is 0.253 e. The molecule has 0 radical (unpaired) electrons. The van der Waals surface area contributed by atoms with E-state index in [2.05, 4.69) is 24.5 Å². The molecule has 0 aromatic heterocycles. The van der Waals surface area contributed by atoms with Crippen molar-refractivity contribution in [3.8, 4) is 0 Å². The third kappa shape index (κ3) is 4.71. The predicted octanol–water partition coefficient (Wildman–Crippen LogP) is 3.52. The van der Waals surface area contributed by atoms with Crippen LogP contribution in [0.3, 0.4) is 0 Å². The third-order valence-corrected chi connectivity index (χ3v) is 4.29. The Morgan fingerprint density at radius 3 is 2.70 bits per heavy atom. The van der Waals surface area contributed by atoms with Gasteiger partial charge in [0.05, 0.1) is 11.3 Å². The summed E-state index contributed by atoms with van der Waals surface area (Å²) in [7, 11) is 0. The lowest BCUT2D eigenvalue weighted by molar-refractivity contribution is 0.0951. The van der Waals surface area contributed by atoms with Gasteiger partial charge in [0.2, 0.25) is 0 Å². The average Bonchev–Trinajstić information content (AvgIpc) is 2.43. The molecule has 0 aliphatic carbocycles. The highest BCUT2D eigenvalue weighted by atomic mass is 32.2. The van der Waals surface area contributed by atoms with Crippen LogP contribution in [0, 0.1) is 5.82 Å². The van der Waals surface area contributed by atoms with E-state index in [0.29, 0.717) is 18.7 Å². The molecule has 112 valence electrons. The van der Waals surface area contributed by atoms with Gasteiger partial charge in [0.15, 0.2) is 0 Å². The molecule has 1 aromatic carbocycles. The molecule has 0 unspecified atom stereocenters. The minimum atomic E-state index is -0.393. The molecule has 20 heavy (non-hydrogen) atoms. The van der Waals surface area contributed by atoms with Crippen LogP contribution in [0.25, 0.3) is 0 Å². The lowest BCUT2D eigenvalue weighted by Crippen LogP contribution is -2.36. The number of carbonyl (C=O) groups excluding carboxylic acids is 1. The van der Waals surface area contributed by atoms with Crippen LogP contribution in [0.15, 0.2) is 18.2 Å². The van der Waals surface area contributed by atoms with Crippen LogP contribution in [0.1, 0.15) is 37.6 Å². The summed E-state index contributed by atoms with van der Waals surface area (Å²) in [6.07, 6.45) is 2.87. The standard InChI is InChI=1S/C15H23FN2OS/c1-5-9-17-13-11(7-6-8-12(13)16)14(19)18-10-15(2,3)20-4/h6-8,17H,5,9-10H2,1-4H3,(H,18,19). The first-order valence-electron chi connectivity index (χ1n) is 6.77. The number of hydrogen-bond acceptors (Lipinski definition) is 3. The predicted molar refractivity (Wildman–Crippen MR) is 85.1 cm³/mol. The summed E-state index contributed by atoms with van der Waals surface area (Å²) in [5.74, 6) is -0.638. The molecule has 1 amide bonds. The summed E-state index contributed by atoms with van der Waals surface area (Å²) in [4.78, 5) is 12.2. The highest BCUT2D eigenvalue weighted by molar-refractivity contribution is 7.99. The van der Waals surface area contributed by atoms with E-state index in [1.165, 1.54) is 6.07 Å². The highest BCUT2D eigenvalue weighted by Crippen LogP contribution is 2.22. The van der Waals surface area contributed by atoms with Gasteiger partial charge in [-0.05, 0) is 38.7 Å². The van der Waals surface area contributed by atoms with Crippen molar-refractivity contribution in [3.05, 3.63) is 29.6 Å². The second kappa shape index (κ2) is 7.53. The zero-order valence-corrected chi connectivity index (χ0v) is 13.4. The molecule has 0 spiro atoms. The Bertz CT molecular complexity index is 463. The van der Waals surface area contributed by atoms with Crippen LogP contribution in [0.2, 0.25) is 0 Å². The van der Waals surface area contributed by atoms with Crippen LogP contribution in [-0.2, 0) is 0 Å². The quantitative estimate of drug-likeness (QED) is 0.809. The number of anilines is 1. The van der Waals surface area contributed by atoms with Gasteiger partial charge >= 0.3 is 0 Å². The average molecular weight is 298 g/mol. The lowest BCUT2D eigenvalue weighted by Gasteiger charge is -2.22. The Labute approximate surface area is 124 Å². The Hall–Kier alpha value is -1.23. The SMILES string of the molecule is CCCNc1c(F)cccc1C(=O)NCC(C)(C)SC. The second-order valence-corrected chi connectivity index (χ2v) is 6.75. The van der Waals surface area contributed by atoms with Gasteiger partial charge in [-0.3, -0.25) is 4.79 Å². The van der Waals surface area contributed by atoms with Crippen molar-refractivity contribution in [1.82, 2.24) is 5.32 Å². The van der Waals surface area contributed by atoms with Gasteiger partial charge in [0, 0.05) is 17.8 Å². The Morgan fingerprint density at radius 2 is 2.10 bits per heavy atom. The van der Waals surface area contributed by atoms with Gasteiger partial charge in [-0.2, -0.15) is 11.8 Å². The number of rotatable bonds is 7. The summed E-state index contributed by atoms with van der Waals surface area (Å²) >= 11 is 1.68. The first-order valence-corrected chi connectivity index (χ1v) is 7.99. The summed E-state index contributed by atoms with van der Waals surface area (Å²) in [6.45, 7) is 7.28. The summed E-state index contributed by atoms with van der Waals surface area (Å²) in [5.41, 5.74) is 0.643. The summed E-state index contributed by atoms with van der Waals surface area (Å²) in [5, 5.41) is 5.85. The van der Waals surface area contributed by atoms with E-state index in [0.717, 1.165) is 6.42 Å². The largest absolute Gasteiger partial charge is 0.382 e. The zero-order chi connectivity index (χ0) is 15.2. The number of benzene rings is 1. The molecule has 0 bridgehead atoms. The van der Waals surface area contributed by atoms with Crippen LogP contribution >= 0.6 is 11.8 Å². The van der Waals surface area contributed by atoms with Gasteiger partial charge in [0.1, 0.15) is 5.82 Å².